The number of amides is 2. The molecule has 6 heteroatoms. The maximum Gasteiger partial charge on any atom is 0.415 e. The summed E-state index contributed by atoms with van der Waals surface area (Å²) < 4.78 is 17.9. The summed E-state index contributed by atoms with van der Waals surface area (Å²) in [6.07, 6.45) is -0.218. The first-order valence-electron chi connectivity index (χ1n) is 6.33. The van der Waals surface area contributed by atoms with Gasteiger partial charge in [0.25, 0.3) is 0 Å². The van der Waals surface area contributed by atoms with Crippen LogP contribution in [-0.4, -0.2) is 35.7 Å². The van der Waals surface area contributed by atoms with Gasteiger partial charge in [-0.05, 0) is 31.5 Å². The molecule has 1 aromatic carbocycles. The first kappa shape index (κ1) is 14.3. The lowest BCUT2D eigenvalue weighted by molar-refractivity contribution is -0.184. The Morgan fingerprint density at radius 1 is 1.40 bits per heavy atom. The Kier molecular flexibility index (Phi) is 3.65. The van der Waals surface area contributed by atoms with Crippen LogP contribution in [0.3, 0.4) is 0 Å². The summed E-state index contributed by atoms with van der Waals surface area (Å²) in [7, 11) is 1.51. The maximum atomic E-state index is 12.9. The van der Waals surface area contributed by atoms with Crippen LogP contribution < -0.4 is 5.32 Å². The summed E-state index contributed by atoms with van der Waals surface area (Å²) in [6, 6.07) is 5.18. The highest BCUT2D eigenvalue weighted by atomic mass is 19.1. The van der Waals surface area contributed by atoms with Crippen molar-refractivity contribution < 1.29 is 18.7 Å². The molecule has 0 aliphatic carbocycles. The van der Waals surface area contributed by atoms with Crippen LogP contribution in [0, 0.1) is 5.82 Å². The molecular formula is C14H17FN2O3. The molecule has 0 bridgehead atoms. The standard InChI is InChI=1S/C14H17FN2O3/c1-14(2)17(13(19)20-14)11(12(18)16-3)8-9-4-6-10(15)7-5-9/h4-7,11H,8H2,1-3H3,(H,16,18)/t11-/m0/s1. The molecule has 0 spiro atoms. The highest BCUT2D eigenvalue weighted by Gasteiger charge is 2.51. The molecule has 1 aromatic rings. The van der Waals surface area contributed by atoms with Crippen LogP contribution in [0.15, 0.2) is 24.3 Å². The monoisotopic (exact) mass is 280 g/mol. The van der Waals surface area contributed by atoms with E-state index in [1.807, 2.05) is 0 Å². The number of ether oxygens (including phenoxy) is 1. The van der Waals surface area contributed by atoms with Gasteiger partial charge in [0.05, 0.1) is 0 Å². The van der Waals surface area contributed by atoms with E-state index in [2.05, 4.69) is 5.32 Å². The Morgan fingerprint density at radius 3 is 2.45 bits per heavy atom. The molecule has 0 aromatic heterocycles. The first-order valence-corrected chi connectivity index (χ1v) is 6.33. The fourth-order valence-corrected chi connectivity index (χ4v) is 2.31. The Morgan fingerprint density at radius 2 is 2.00 bits per heavy atom. The molecule has 0 radical (unpaired) electrons. The zero-order valence-corrected chi connectivity index (χ0v) is 11.6. The number of carbonyl (C=O) groups excluding carboxylic acids is 2. The van der Waals surface area contributed by atoms with Gasteiger partial charge in [0.1, 0.15) is 11.9 Å². The minimum absolute atomic E-state index is 0.279. The zero-order chi connectivity index (χ0) is 14.9. The van der Waals surface area contributed by atoms with Crippen LogP contribution in [0.1, 0.15) is 19.4 Å². The maximum absolute atomic E-state index is 12.9. The molecule has 1 aliphatic heterocycles. The van der Waals surface area contributed by atoms with E-state index in [-0.39, 0.29) is 11.7 Å². The first-order chi connectivity index (χ1) is 9.35. The molecule has 2 amide bonds. The van der Waals surface area contributed by atoms with Crippen molar-refractivity contribution in [2.45, 2.75) is 32.0 Å². The van der Waals surface area contributed by atoms with Gasteiger partial charge in [-0.3, -0.25) is 9.69 Å². The van der Waals surface area contributed by atoms with Crippen molar-refractivity contribution in [1.29, 1.82) is 0 Å². The van der Waals surface area contributed by atoms with Gasteiger partial charge in [-0.2, -0.15) is 0 Å². The van der Waals surface area contributed by atoms with Crippen molar-refractivity contribution in [3.05, 3.63) is 35.6 Å². The summed E-state index contributed by atoms with van der Waals surface area (Å²) in [4.78, 5) is 25.0. The molecule has 108 valence electrons. The highest BCUT2D eigenvalue weighted by Crippen LogP contribution is 2.32. The summed E-state index contributed by atoms with van der Waals surface area (Å²) in [5, 5.41) is 2.54. The number of halogens is 1. The lowest BCUT2D eigenvalue weighted by Crippen LogP contribution is -2.68. The smallest absolute Gasteiger partial charge is 0.415 e. The number of nitrogens with one attached hydrogen (secondary N) is 1. The van der Waals surface area contributed by atoms with Gasteiger partial charge in [0, 0.05) is 13.5 Å². The number of likely N-dealkylation sites (N-methyl/N-ethyl adjacent to an activating group) is 1. The average Bonchev–Trinajstić information content (AvgIpc) is 2.38. The van der Waals surface area contributed by atoms with Crippen molar-refractivity contribution in [1.82, 2.24) is 10.2 Å². The molecule has 0 saturated carbocycles. The van der Waals surface area contributed by atoms with E-state index in [0.717, 1.165) is 5.56 Å². The third-order valence-corrected chi connectivity index (χ3v) is 3.32. The van der Waals surface area contributed by atoms with Crippen LogP contribution >= 0.6 is 0 Å². The second-order valence-electron chi connectivity index (χ2n) is 5.15. The lowest BCUT2D eigenvalue weighted by Gasteiger charge is -2.49. The number of hydrogen-bond donors (Lipinski definition) is 1. The van der Waals surface area contributed by atoms with Crippen molar-refractivity contribution in [2.75, 3.05) is 7.05 Å². The molecule has 20 heavy (non-hydrogen) atoms. The summed E-state index contributed by atoms with van der Waals surface area (Å²) in [5.74, 6) is -0.618. The van der Waals surface area contributed by atoms with Gasteiger partial charge in [-0.25, -0.2) is 9.18 Å². The lowest BCUT2D eigenvalue weighted by atomic mass is 10.0. The average molecular weight is 280 g/mol. The van der Waals surface area contributed by atoms with Crippen LogP contribution in [0.25, 0.3) is 0 Å². The highest BCUT2D eigenvalue weighted by molar-refractivity contribution is 5.87. The molecule has 1 heterocycles. The van der Waals surface area contributed by atoms with E-state index in [4.69, 9.17) is 4.74 Å². The SMILES string of the molecule is CNC(=O)[C@H](Cc1ccc(F)cc1)N1C(=O)OC1(C)C. The number of hydrogen-bond acceptors (Lipinski definition) is 3. The molecule has 1 saturated heterocycles. The molecule has 2 rings (SSSR count). The predicted octanol–water partition coefficient (Wildman–Crippen LogP) is 1.67. The summed E-state index contributed by atoms with van der Waals surface area (Å²) in [6.45, 7) is 3.43. The number of nitrogens with zero attached hydrogens (tertiary/aromatic N) is 1. The minimum atomic E-state index is -0.811. The largest absolute Gasteiger partial charge is 0.423 e. The van der Waals surface area contributed by atoms with E-state index < -0.39 is 17.9 Å². The van der Waals surface area contributed by atoms with Crippen molar-refractivity contribution in [3.63, 3.8) is 0 Å². The molecule has 1 N–H and O–H groups in total. The Labute approximate surface area is 116 Å². The molecule has 1 fully saturated rings. The number of benzene rings is 1. The third kappa shape index (κ3) is 2.59. The van der Waals surface area contributed by atoms with Crippen LogP contribution in [-0.2, 0) is 16.0 Å². The quantitative estimate of drug-likeness (QED) is 0.912. The molecule has 1 aliphatic rings. The van der Waals surface area contributed by atoms with E-state index in [1.54, 1.807) is 26.0 Å². The van der Waals surface area contributed by atoms with Gasteiger partial charge in [0.15, 0.2) is 5.72 Å². The summed E-state index contributed by atoms with van der Waals surface area (Å²) in [5.41, 5.74) is -0.0376. The second-order valence-corrected chi connectivity index (χ2v) is 5.15. The third-order valence-electron chi connectivity index (χ3n) is 3.32. The van der Waals surface area contributed by atoms with Crippen LogP contribution in [0.5, 0.6) is 0 Å². The van der Waals surface area contributed by atoms with E-state index in [9.17, 15) is 14.0 Å². The Balaban J connectivity index is 2.22. The van der Waals surface area contributed by atoms with Gasteiger partial charge in [-0.15, -0.1) is 0 Å². The molecular weight excluding hydrogens is 263 g/mol. The Bertz CT molecular complexity index is 528. The van der Waals surface area contributed by atoms with Gasteiger partial charge in [0.2, 0.25) is 5.91 Å². The fourth-order valence-electron chi connectivity index (χ4n) is 2.31. The summed E-state index contributed by atoms with van der Waals surface area (Å²) >= 11 is 0. The zero-order valence-electron chi connectivity index (χ0n) is 11.6. The topological polar surface area (TPSA) is 58.6 Å². The molecule has 1 atom stereocenters. The van der Waals surface area contributed by atoms with Gasteiger partial charge >= 0.3 is 6.09 Å². The molecule has 0 unspecified atom stereocenters. The predicted molar refractivity (Wildman–Crippen MR) is 70.4 cm³/mol. The van der Waals surface area contributed by atoms with E-state index in [1.165, 1.54) is 24.1 Å². The number of cyclic esters (lactones) is 1. The molecule has 5 nitrogen and oxygen atoms in total. The van der Waals surface area contributed by atoms with Crippen molar-refractivity contribution in [3.8, 4) is 0 Å². The van der Waals surface area contributed by atoms with Gasteiger partial charge < -0.3 is 10.1 Å². The number of carbonyl (C=O) groups is 2. The number of rotatable bonds is 4. The minimum Gasteiger partial charge on any atom is -0.423 e. The normalized spacial score (nSPS) is 18.0. The van der Waals surface area contributed by atoms with E-state index in [0.29, 0.717) is 6.42 Å². The van der Waals surface area contributed by atoms with Crippen molar-refractivity contribution >= 4 is 12.0 Å². The van der Waals surface area contributed by atoms with Crippen LogP contribution in [0.2, 0.25) is 0 Å². The second kappa shape index (κ2) is 5.11. The van der Waals surface area contributed by atoms with Crippen LogP contribution in [0.4, 0.5) is 9.18 Å². The van der Waals surface area contributed by atoms with Gasteiger partial charge in [-0.1, -0.05) is 12.1 Å². The van der Waals surface area contributed by atoms with E-state index >= 15 is 0 Å². The fraction of sp³-hybridized carbons (Fsp3) is 0.429. The van der Waals surface area contributed by atoms with Crippen molar-refractivity contribution in [2.24, 2.45) is 0 Å². The Hall–Kier alpha value is -2.11.